The van der Waals surface area contributed by atoms with E-state index in [1.165, 1.54) is 0 Å². The second kappa shape index (κ2) is 9.17. The van der Waals surface area contributed by atoms with Crippen molar-refractivity contribution in [2.75, 3.05) is 18.4 Å². The third kappa shape index (κ3) is 6.47. The molecule has 156 valence electrons. The molecule has 8 heteroatoms. The van der Waals surface area contributed by atoms with Gasteiger partial charge in [0.2, 0.25) is 5.91 Å². The first kappa shape index (κ1) is 21.6. The Morgan fingerprint density at radius 3 is 2.41 bits per heavy atom. The molecule has 2 heterocycles. The van der Waals surface area contributed by atoms with E-state index in [9.17, 15) is 9.59 Å². The molecule has 0 saturated carbocycles. The van der Waals surface area contributed by atoms with Crippen LogP contribution in [-0.2, 0) is 9.53 Å². The lowest BCUT2D eigenvalue weighted by molar-refractivity contribution is -0.121. The van der Waals surface area contributed by atoms with Crippen LogP contribution in [-0.4, -0.2) is 40.6 Å². The van der Waals surface area contributed by atoms with Crippen LogP contribution in [0.1, 0.15) is 39.3 Å². The van der Waals surface area contributed by atoms with E-state index < -0.39 is 5.60 Å². The predicted octanol–water partition coefficient (Wildman–Crippen LogP) is 5.19. The zero-order valence-electron chi connectivity index (χ0n) is 17.2. The molecule has 29 heavy (non-hydrogen) atoms. The first-order valence-electron chi connectivity index (χ1n) is 9.68. The molecule has 1 aromatic heterocycles. The highest BCUT2D eigenvalue weighted by Gasteiger charge is 2.29. The Kier molecular flexibility index (Phi) is 6.85. The van der Waals surface area contributed by atoms with Gasteiger partial charge < -0.3 is 15.0 Å². The van der Waals surface area contributed by atoms with Crippen molar-refractivity contribution in [3.63, 3.8) is 0 Å². The molecule has 1 N–H and O–H groups in total. The molecule has 0 unspecified atom stereocenters. The fourth-order valence-corrected chi connectivity index (χ4v) is 4.79. The highest BCUT2D eigenvalue weighted by Crippen LogP contribution is 2.31. The molecule has 0 spiro atoms. The first-order valence-corrected chi connectivity index (χ1v) is 11.4. The van der Waals surface area contributed by atoms with E-state index in [1.807, 2.05) is 57.3 Å². The zero-order valence-corrected chi connectivity index (χ0v) is 18.9. The third-order valence-electron chi connectivity index (χ3n) is 4.44. The number of carbonyl (C=O) groups is 2. The van der Waals surface area contributed by atoms with Gasteiger partial charge in [-0.15, -0.1) is 11.3 Å². The van der Waals surface area contributed by atoms with Gasteiger partial charge in [0.05, 0.1) is 0 Å². The van der Waals surface area contributed by atoms with E-state index in [0.717, 1.165) is 20.6 Å². The van der Waals surface area contributed by atoms with Crippen molar-refractivity contribution in [1.82, 2.24) is 9.88 Å². The smallest absolute Gasteiger partial charge is 0.410 e. The van der Waals surface area contributed by atoms with Gasteiger partial charge >= 0.3 is 6.09 Å². The van der Waals surface area contributed by atoms with Gasteiger partial charge in [-0.1, -0.05) is 11.8 Å². The normalized spacial score (nSPS) is 15.2. The topological polar surface area (TPSA) is 71.5 Å². The largest absolute Gasteiger partial charge is 0.444 e. The number of hydrogen-bond acceptors (Lipinski definition) is 6. The number of piperidine rings is 1. The van der Waals surface area contributed by atoms with Crippen LogP contribution < -0.4 is 5.32 Å². The number of rotatable bonds is 4. The van der Waals surface area contributed by atoms with Crippen LogP contribution in [0.4, 0.5) is 10.5 Å². The van der Waals surface area contributed by atoms with Gasteiger partial charge in [-0.2, -0.15) is 0 Å². The summed E-state index contributed by atoms with van der Waals surface area (Å²) in [6, 6.07) is 7.80. The van der Waals surface area contributed by atoms with Crippen LogP contribution in [0.2, 0.25) is 0 Å². The fourth-order valence-electron chi connectivity index (χ4n) is 2.98. The maximum Gasteiger partial charge on any atom is 0.410 e. The predicted molar refractivity (Wildman–Crippen MR) is 117 cm³/mol. The second-order valence-electron chi connectivity index (χ2n) is 8.11. The average Bonchev–Trinajstić information content (AvgIpc) is 3.07. The third-order valence-corrected chi connectivity index (χ3v) is 6.51. The van der Waals surface area contributed by atoms with E-state index in [2.05, 4.69) is 10.3 Å². The van der Waals surface area contributed by atoms with E-state index in [1.54, 1.807) is 28.0 Å². The van der Waals surface area contributed by atoms with Crippen molar-refractivity contribution in [1.29, 1.82) is 0 Å². The molecule has 1 aromatic carbocycles. The molecular weight excluding hydrogens is 406 g/mol. The lowest BCUT2D eigenvalue weighted by atomic mass is 9.96. The van der Waals surface area contributed by atoms with Crippen LogP contribution in [0.3, 0.4) is 0 Å². The van der Waals surface area contributed by atoms with E-state index >= 15 is 0 Å². The molecule has 1 saturated heterocycles. The molecule has 0 bridgehead atoms. The summed E-state index contributed by atoms with van der Waals surface area (Å²) in [5.41, 5.74) is 1.30. The number of aromatic nitrogens is 1. The number of ether oxygens (including phenoxy) is 1. The van der Waals surface area contributed by atoms with Crippen LogP contribution in [0, 0.1) is 12.8 Å². The molecule has 0 atom stereocenters. The van der Waals surface area contributed by atoms with Gasteiger partial charge in [0.25, 0.3) is 0 Å². The monoisotopic (exact) mass is 433 g/mol. The van der Waals surface area contributed by atoms with Crippen LogP contribution in [0.15, 0.2) is 38.9 Å². The molecule has 0 aliphatic carbocycles. The van der Waals surface area contributed by atoms with Crippen molar-refractivity contribution in [2.45, 2.75) is 55.4 Å². The summed E-state index contributed by atoms with van der Waals surface area (Å²) in [5, 5.41) is 5.03. The van der Waals surface area contributed by atoms with Crippen molar-refractivity contribution >= 4 is 40.8 Å². The van der Waals surface area contributed by atoms with Gasteiger partial charge in [0.15, 0.2) is 4.34 Å². The van der Waals surface area contributed by atoms with Crippen molar-refractivity contribution in [3.8, 4) is 0 Å². The zero-order chi connectivity index (χ0) is 21.0. The summed E-state index contributed by atoms with van der Waals surface area (Å²) in [4.78, 5) is 32.0. The minimum absolute atomic E-state index is 0.00444. The number of likely N-dealkylation sites (tertiary alicyclic amines) is 1. The lowest BCUT2D eigenvalue weighted by Crippen LogP contribution is -2.43. The number of hydrogen-bond donors (Lipinski definition) is 1. The van der Waals surface area contributed by atoms with Crippen LogP contribution in [0.5, 0.6) is 0 Å². The summed E-state index contributed by atoms with van der Waals surface area (Å²) in [6.07, 6.45) is 0.977. The Morgan fingerprint density at radius 2 is 1.86 bits per heavy atom. The number of nitrogens with zero attached hydrogens (tertiary/aromatic N) is 2. The summed E-state index contributed by atoms with van der Waals surface area (Å²) in [6.45, 7) is 8.62. The number of benzene rings is 1. The van der Waals surface area contributed by atoms with Gasteiger partial charge in [0, 0.05) is 40.7 Å². The van der Waals surface area contributed by atoms with Gasteiger partial charge in [-0.05, 0) is 64.8 Å². The Morgan fingerprint density at radius 1 is 1.21 bits per heavy atom. The summed E-state index contributed by atoms with van der Waals surface area (Å²) in [7, 11) is 0. The number of nitrogens with one attached hydrogen (secondary N) is 1. The van der Waals surface area contributed by atoms with Gasteiger partial charge in [0.1, 0.15) is 5.60 Å². The number of amides is 2. The molecule has 6 nitrogen and oxygen atoms in total. The number of thiazole rings is 1. The maximum atomic E-state index is 12.6. The SMILES string of the molecule is Cc1csc(Sc2ccc(NC(=O)C3CCN(C(=O)OC(C)(C)C)CC3)cc2)n1. The summed E-state index contributed by atoms with van der Waals surface area (Å²) >= 11 is 3.24. The summed E-state index contributed by atoms with van der Waals surface area (Å²) in [5.74, 6) is -0.0918. The highest BCUT2D eigenvalue weighted by atomic mass is 32.2. The molecule has 1 fully saturated rings. The first-order chi connectivity index (χ1) is 13.7. The Hall–Kier alpha value is -2.06. The van der Waals surface area contributed by atoms with Gasteiger partial charge in [-0.3, -0.25) is 4.79 Å². The molecule has 3 rings (SSSR count). The molecule has 1 aliphatic heterocycles. The number of carbonyl (C=O) groups excluding carboxylic acids is 2. The standard InChI is InChI=1S/C21H27N3O3S2/c1-14-13-28-19(22-14)29-17-7-5-16(6-8-17)23-18(25)15-9-11-24(12-10-15)20(26)27-21(2,3)4/h5-8,13,15H,9-12H2,1-4H3,(H,23,25). The number of anilines is 1. The average molecular weight is 434 g/mol. The minimum atomic E-state index is -0.506. The van der Waals surface area contributed by atoms with E-state index in [4.69, 9.17) is 4.74 Å². The van der Waals surface area contributed by atoms with Gasteiger partial charge in [-0.25, -0.2) is 9.78 Å². The summed E-state index contributed by atoms with van der Waals surface area (Å²) < 4.78 is 6.41. The van der Waals surface area contributed by atoms with Crippen LogP contribution in [0.25, 0.3) is 0 Å². The second-order valence-corrected chi connectivity index (χ2v) is 10.3. The number of aryl methyl sites for hydroxylation is 1. The minimum Gasteiger partial charge on any atom is -0.444 e. The Bertz CT molecular complexity index is 851. The quantitative estimate of drug-likeness (QED) is 0.719. The van der Waals surface area contributed by atoms with E-state index in [0.29, 0.717) is 25.9 Å². The fraction of sp³-hybridized carbons (Fsp3) is 0.476. The molecule has 1 aliphatic rings. The van der Waals surface area contributed by atoms with Crippen molar-refractivity contribution in [3.05, 3.63) is 35.3 Å². The van der Waals surface area contributed by atoms with Crippen molar-refractivity contribution in [2.24, 2.45) is 5.92 Å². The molecule has 0 radical (unpaired) electrons. The molecule has 2 amide bonds. The van der Waals surface area contributed by atoms with E-state index in [-0.39, 0.29) is 17.9 Å². The molecule has 2 aromatic rings. The lowest BCUT2D eigenvalue weighted by Gasteiger charge is -2.32. The Balaban J connectivity index is 1.47. The molecular formula is C21H27N3O3S2. The van der Waals surface area contributed by atoms with Crippen LogP contribution >= 0.6 is 23.1 Å². The highest BCUT2D eigenvalue weighted by molar-refractivity contribution is 8.01. The van der Waals surface area contributed by atoms with Crippen molar-refractivity contribution < 1.29 is 14.3 Å². The maximum absolute atomic E-state index is 12.6. The Labute approximate surface area is 180 Å².